The van der Waals surface area contributed by atoms with Crippen molar-refractivity contribution in [2.45, 2.75) is 25.4 Å². The molecule has 1 fully saturated rings. The Hall–Kier alpha value is -2.24. The number of urea groups is 1. The zero-order valence-electron chi connectivity index (χ0n) is 12.2. The molecule has 1 saturated heterocycles. The van der Waals surface area contributed by atoms with Gasteiger partial charge < -0.3 is 20.3 Å². The summed E-state index contributed by atoms with van der Waals surface area (Å²) in [5.74, 6) is 0. The van der Waals surface area contributed by atoms with E-state index >= 15 is 0 Å². The number of piperidine rings is 1. The Kier molecular flexibility index (Phi) is 5.43. The summed E-state index contributed by atoms with van der Waals surface area (Å²) in [4.78, 5) is 25.0. The Morgan fingerprint density at radius 3 is 2.52 bits per heavy atom. The number of benzene rings is 1. The van der Waals surface area contributed by atoms with E-state index < -0.39 is 6.09 Å². The van der Waals surface area contributed by atoms with Gasteiger partial charge in [0.15, 0.2) is 0 Å². The lowest BCUT2D eigenvalue weighted by Gasteiger charge is -2.32. The number of nitrogens with one attached hydrogen (secondary N) is 2. The Morgan fingerprint density at radius 2 is 1.90 bits per heavy atom. The van der Waals surface area contributed by atoms with Gasteiger partial charge in [0.1, 0.15) is 0 Å². The number of likely N-dealkylation sites (tertiary alicyclic amines) is 1. The lowest BCUT2D eigenvalue weighted by atomic mass is 10.1. The maximum atomic E-state index is 12.1. The summed E-state index contributed by atoms with van der Waals surface area (Å²) in [5, 5.41) is 5.68. The first-order valence-electron chi connectivity index (χ1n) is 7.10. The highest BCUT2D eigenvalue weighted by atomic mass is 16.5. The second kappa shape index (κ2) is 7.52. The van der Waals surface area contributed by atoms with Crippen LogP contribution < -0.4 is 10.6 Å². The van der Waals surface area contributed by atoms with Crippen LogP contribution in [0, 0.1) is 0 Å². The van der Waals surface area contributed by atoms with Gasteiger partial charge in [-0.05, 0) is 18.4 Å². The van der Waals surface area contributed by atoms with E-state index in [1.165, 1.54) is 7.11 Å². The third-order valence-corrected chi connectivity index (χ3v) is 3.58. The van der Waals surface area contributed by atoms with Crippen molar-refractivity contribution in [3.63, 3.8) is 0 Å². The number of ether oxygens (including phenoxy) is 1. The number of amides is 3. The normalized spacial score (nSPS) is 15.4. The number of hydrogen-bond acceptors (Lipinski definition) is 3. The van der Waals surface area contributed by atoms with Gasteiger partial charge in [-0.3, -0.25) is 0 Å². The van der Waals surface area contributed by atoms with Crippen LogP contribution in [-0.4, -0.2) is 43.3 Å². The van der Waals surface area contributed by atoms with Crippen LogP contribution in [0.2, 0.25) is 0 Å². The predicted octanol–water partition coefficient (Wildman–Crippen LogP) is 1.72. The van der Waals surface area contributed by atoms with Crippen molar-refractivity contribution >= 4 is 12.1 Å². The van der Waals surface area contributed by atoms with Gasteiger partial charge in [-0.2, -0.15) is 0 Å². The van der Waals surface area contributed by atoms with Crippen LogP contribution in [0.25, 0.3) is 0 Å². The molecule has 1 aliphatic heterocycles. The third-order valence-electron chi connectivity index (χ3n) is 3.58. The minimum atomic E-state index is -0.415. The van der Waals surface area contributed by atoms with Crippen LogP contribution in [0.5, 0.6) is 0 Å². The smallest absolute Gasteiger partial charge is 0.407 e. The molecule has 0 aromatic heterocycles. The molecule has 0 spiro atoms. The molecule has 114 valence electrons. The summed E-state index contributed by atoms with van der Waals surface area (Å²) in [7, 11) is 1.35. The summed E-state index contributed by atoms with van der Waals surface area (Å²) >= 11 is 0. The van der Waals surface area contributed by atoms with Crippen molar-refractivity contribution in [2.75, 3.05) is 20.2 Å². The molecule has 0 unspecified atom stereocenters. The van der Waals surface area contributed by atoms with Crippen LogP contribution in [0.1, 0.15) is 18.4 Å². The van der Waals surface area contributed by atoms with Gasteiger partial charge in [0.2, 0.25) is 0 Å². The summed E-state index contributed by atoms with van der Waals surface area (Å²) in [6.45, 7) is 1.80. The lowest BCUT2D eigenvalue weighted by Crippen LogP contribution is -2.49. The summed E-state index contributed by atoms with van der Waals surface area (Å²) in [5.41, 5.74) is 1.08. The zero-order chi connectivity index (χ0) is 15.1. The van der Waals surface area contributed by atoms with Crippen molar-refractivity contribution in [1.82, 2.24) is 15.5 Å². The molecule has 0 bridgehead atoms. The molecule has 0 saturated carbocycles. The fourth-order valence-corrected chi connectivity index (χ4v) is 2.34. The SMILES string of the molecule is COC(=O)NC1CCN(C(=O)NCc2ccccc2)CC1. The lowest BCUT2D eigenvalue weighted by molar-refractivity contribution is 0.152. The average Bonchev–Trinajstić information content (AvgIpc) is 2.54. The second-order valence-corrected chi connectivity index (χ2v) is 5.04. The van der Waals surface area contributed by atoms with Gasteiger partial charge in [0, 0.05) is 25.7 Å². The number of nitrogens with zero attached hydrogens (tertiary/aromatic N) is 1. The molecule has 2 N–H and O–H groups in total. The van der Waals surface area contributed by atoms with E-state index in [1.54, 1.807) is 4.90 Å². The largest absolute Gasteiger partial charge is 0.453 e. The first-order valence-corrected chi connectivity index (χ1v) is 7.10. The van der Waals surface area contributed by atoms with Crippen molar-refractivity contribution in [3.05, 3.63) is 35.9 Å². The molecule has 1 aliphatic rings. The van der Waals surface area contributed by atoms with Gasteiger partial charge >= 0.3 is 12.1 Å². The Morgan fingerprint density at radius 1 is 1.24 bits per heavy atom. The highest BCUT2D eigenvalue weighted by Crippen LogP contribution is 2.10. The van der Waals surface area contributed by atoms with E-state index in [9.17, 15) is 9.59 Å². The van der Waals surface area contributed by atoms with E-state index in [1.807, 2.05) is 30.3 Å². The van der Waals surface area contributed by atoms with Crippen molar-refractivity contribution in [3.8, 4) is 0 Å². The number of carbonyl (C=O) groups excluding carboxylic acids is 2. The van der Waals surface area contributed by atoms with Gasteiger partial charge in [-0.1, -0.05) is 30.3 Å². The molecule has 21 heavy (non-hydrogen) atoms. The maximum Gasteiger partial charge on any atom is 0.407 e. The van der Waals surface area contributed by atoms with Gasteiger partial charge in [0.25, 0.3) is 0 Å². The first-order chi connectivity index (χ1) is 10.2. The van der Waals surface area contributed by atoms with Gasteiger partial charge in [0.05, 0.1) is 7.11 Å². The monoisotopic (exact) mass is 291 g/mol. The van der Waals surface area contributed by atoms with Crippen LogP contribution in [0.3, 0.4) is 0 Å². The molecule has 6 nitrogen and oxygen atoms in total. The van der Waals surface area contributed by atoms with E-state index in [0.717, 1.165) is 18.4 Å². The fraction of sp³-hybridized carbons (Fsp3) is 0.467. The fourth-order valence-electron chi connectivity index (χ4n) is 2.34. The van der Waals surface area contributed by atoms with Gasteiger partial charge in [-0.25, -0.2) is 9.59 Å². The molecular weight excluding hydrogens is 270 g/mol. The van der Waals surface area contributed by atoms with Crippen molar-refractivity contribution in [2.24, 2.45) is 0 Å². The Bertz CT molecular complexity index is 470. The molecule has 6 heteroatoms. The number of carbonyl (C=O) groups is 2. The Balaban J connectivity index is 1.72. The highest BCUT2D eigenvalue weighted by Gasteiger charge is 2.23. The van der Waals surface area contributed by atoms with Crippen LogP contribution >= 0.6 is 0 Å². The molecule has 0 aliphatic carbocycles. The molecule has 1 heterocycles. The second-order valence-electron chi connectivity index (χ2n) is 5.04. The van der Waals surface area contributed by atoms with E-state index in [0.29, 0.717) is 19.6 Å². The number of alkyl carbamates (subject to hydrolysis) is 1. The third kappa shape index (κ3) is 4.66. The Labute approximate surface area is 124 Å². The minimum Gasteiger partial charge on any atom is -0.453 e. The van der Waals surface area contributed by atoms with Crippen LogP contribution in [0.4, 0.5) is 9.59 Å². The number of hydrogen-bond donors (Lipinski definition) is 2. The van der Waals surface area contributed by atoms with E-state index in [2.05, 4.69) is 15.4 Å². The number of rotatable bonds is 3. The van der Waals surface area contributed by atoms with Crippen LogP contribution in [-0.2, 0) is 11.3 Å². The van der Waals surface area contributed by atoms with Crippen LogP contribution in [0.15, 0.2) is 30.3 Å². The average molecular weight is 291 g/mol. The summed E-state index contributed by atoms with van der Waals surface area (Å²) in [6, 6.07) is 9.83. The van der Waals surface area contributed by atoms with Crippen molar-refractivity contribution < 1.29 is 14.3 Å². The zero-order valence-corrected chi connectivity index (χ0v) is 12.2. The summed E-state index contributed by atoms with van der Waals surface area (Å²) < 4.78 is 4.57. The molecule has 2 rings (SSSR count). The van der Waals surface area contributed by atoms with E-state index in [-0.39, 0.29) is 12.1 Å². The molecule has 0 atom stereocenters. The van der Waals surface area contributed by atoms with Gasteiger partial charge in [-0.15, -0.1) is 0 Å². The number of methoxy groups -OCH3 is 1. The molecule has 1 aromatic rings. The molecule has 1 aromatic carbocycles. The highest BCUT2D eigenvalue weighted by molar-refractivity contribution is 5.74. The predicted molar refractivity (Wildman–Crippen MR) is 78.8 cm³/mol. The standard InChI is InChI=1S/C15H21N3O3/c1-21-15(20)17-13-7-9-18(10-8-13)14(19)16-11-12-5-3-2-4-6-12/h2-6,13H,7-11H2,1H3,(H,16,19)(H,17,20). The molecular formula is C15H21N3O3. The topological polar surface area (TPSA) is 70.7 Å². The minimum absolute atomic E-state index is 0.0598. The molecule has 3 amide bonds. The first kappa shape index (κ1) is 15.2. The van der Waals surface area contributed by atoms with E-state index in [4.69, 9.17) is 0 Å². The van der Waals surface area contributed by atoms with Crippen molar-refractivity contribution in [1.29, 1.82) is 0 Å². The molecule has 0 radical (unpaired) electrons. The quantitative estimate of drug-likeness (QED) is 0.890. The maximum absolute atomic E-state index is 12.1. The summed E-state index contributed by atoms with van der Waals surface area (Å²) in [6.07, 6.45) is 1.07.